The Morgan fingerprint density at radius 1 is 1.23 bits per heavy atom. The number of ether oxygens (including phenoxy) is 1. The van der Waals surface area contributed by atoms with E-state index in [0.717, 1.165) is 42.7 Å². The quantitative estimate of drug-likeness (QED) is 0.420. The smallest absolute Gasteiger partial charge is 0.234 e. The molecule has 0 atom stereocenters. The molecule has 2 aliphatic rings. The molecule has 0 bridgehead atoms. The lowest BCUT2D eigenvalue weighted by molar-refractivity contribution is -0.114. The van der Waals surface area contributed by atoms with E-state index in [1.807, 2.05) is 25.2 Å². The van der Waals surface area contributed by atoms with Crippen LogP contribution in [0.2, 0.25) is 0 Å². The lowest BCUT2D eigenvalue weighted by Crippen LogP contribution is -2.45. The molecule has 30 heavy (non-hydrogen) atoms. The van der Waals surface area contributed by atoms with Crippen LogP contribution in [0.4, 0.5) is 5.69 Å². The topological polar surface area (TPSA) is 97.0 Å². The highest BCUT2D eigenvalue weighted by Crippen LogP contribution is 2.43. The van der Waals surface area contributed by atoms with Gasteiger partial charge in [-0.15, -0.1) is 0 Å². The molecule has 1 aliphatic heterocycles. The molecular formula is C23H36N4O3. The summed E-state index contributed by atoms with van der Waals surface area (Å²) in [5, 5.41) is 3.25. The second-order valence-electron chi connectivity index (χ2n) is 8.14. The molecule has 7 nitrogen and oxygen atoms in total. The van der Waals surface area contributed by atoms with Crippen molar-refractivity contribution in [1.29, 1.82) is 0 Å². The van der Waals surface area contributed by atoms with E-state index in [1.54, 1.807) is 14.0 Å². The predicted molar refractivity (Wildman–Crippen MR) is 121 cm³/mol. The van der Waals surface area contributed by atoms with Crippen LogP contribution in [0.15, 0.2) is 23.2 Å². The Kier molecular flexibility index (Phi) is 9.30. The Morgan fingerprint density at radius 3 is 2.37 bits per heavy atom. The van der Waals surface area contributed by atoms with Crippen molar-refractivity contribution in [3.63, 3.8) is 0 Å². The van der Waals surface area contributed by atoms with Gasteiger partial charge in [-0.05, 0) is 82.3 Å². The van der Waals surface area contributed by atoms with Crippen molar-refractivity contribution in [3.05, 3.63) is 23.8 Å². The van der Waals surface area contributed by atoms with Gasteiger partial charge in [0.1, 0.15) is 12.0 Å². The number of carbonyl (C=O) groups excluding carboxylic acids is 2. The van der Waals surface area contributed by atoms with Crippen LogP contribution in [0.25, 0.3) is 0 Å². The molecule has 1 amide bonds. The number of anilines is 1. The van der Waals surface area contributed by atoms with Gasteiger partial charge in [0, 0.05) is 18.8 Å². The Hall–Kier alpha value is -2.41. The maximum atomic E-state index is 12.2. The first-order valence-electron chi connectivity index (χ1n) is 10.8. The number of nitrogens with zero attached hydrogens (tertiary/aromatic N) is 2. The van der Waals surface area contributed by atoms with Crippen molar-refractivity contribution in [2.24, 2.45) is 10.7 Å². The Labute approximate surface area is 180 Å². The van der Waals surface area contributed by atoms with Gasteiger partial charge in [0.25, 0.3) is 0 Å². The van der Waals surface area contributed by atoms with E-state index in [4.69, 9.17) is 10.5 Å². The second kappa shape index (κ2) is 11.7. The minimum Gasteiger partial charge on any atom is -0.497 e. The van der Waals surface area contributed by atoms with E-state index in [0.29, 0.717) is 18.3 Å². The monoisotopic (exact) mass is 416 g/mol. The molecule has 3 rings (SSSR count). The number of methoxy groups -OCH3 is 1. The summed E-state index contributed by atoms with van der Waals surface area (Å²) < 4.78 is 5.40. The van der Waals surface area contributed by atoms with Gasteiger partial charge >= 0.3 is 0 Å². The molecule has 0 aromatic heterocycles. The lowest BCUT2D eigenvalue weighted by atomic mass is 9.68. The van der Waals surface area contributed by atoms with Gasteiger partial charge in [0.05, 0.1) is 18.4 Å². The molecule has 1 aromatic carbocycles. The molecule has 0 radical (unpaired) electrons. The van der Waals surface area contributed by atoms with Crippen molar-refractivity contribution < 1.29 is 14.3 Å². The van der Waals surface area contributed by atoms with Crippen molar-refractivity contribution >= 4 is 24.2 Å². The van der Waals surface area contributed by atoms with E-state index in [-0.39, 0.29) is 5.41 Å². The van der Waals surface area contributed by atoms with Gasteiger partial charge in [0.15, 0.2) is 0 Å². The molecule has 1 aromatic rings. The number of aliphatic imine (C=N–C) groups is 1. The number of carbonyl (C=O) groups is 2. The number of amidine groups is 1. The summed E-state index contributed by atoms with van der Waals surface area (Å²) in [7, 11) is 3.60. The largest absolute Gasteiger partial charge is 0.497 e. The zero-order valence-electron chi connectivity index (χ0n) is 18.5. The van der Waals surface area contributed by atoms with E-state index >= 15 is 0 Å². The fourth-order valence-corrected chi connectivity index (χ4v) is 4.58. The fourth-order valence-electron chi connectivity index (χ4n) is 4.58. The molecule has 1 saturated heterocycles. The van der Waals surface area contributed by atoms with Gasteiger partial charge in [-0.2, -0.15) is 0 Å². The average Bonchev–Trinajstić information content (AvgIpc) is 2.79. The first kappa shape index (κ1) is 23.9. The summed E-state index contributed by atoms with van der Waals surface area (Å²) in [6.45, 7) is 4.02. The minimum atomic E-state index is -0.376. The van der Waals surface area contributed by atoms with Crippen LogP contribution in [0.3, 0.4) is 0 Å². The minimum absolute atomic E-state index is 0.296. The lowest BCUT2D eigenvalue weighted by Gasteiger charge is -2.43. The number of amides is 1. The zero-order valence-corrected chi connectivity index (χ0v) is 18.5. The van der Waals surface area contributed by atoms with Crippen LogP contribution < -0.4 is 15.8 Å². The van der Waals surface area contributed by atoms with Crippen LogP contribution in [-0.2, 0) is 15.0 Å². The van der Waals surface area contributed by atoms with E-state index < -0.39 is 0 Å². The van der Waals surface area contributed by atoms with Crippen LogP contribution in [0, 0.1) is 0 Å². The normalized spacial score (nSPS) is 24.9. The second-order valence-corrected chi connectivity index (χ2v) is 8.14. The zero-order chi connectivity index (χ0) is 22.0. The van der Waals surface area contributed by atoms with Crippen LogP contribution in [-0.4, -0.2) is 56.7 Å². The number of piperidine rings is 1. The molecule has 7 heteroatoms. The van der Waals surface area contributed by atoms with Gasteiger partial charge in [-0.25, -0.2) is 4.99 Å². The Bertz CT molecular complexity index is 717. The van der Waals surface area contributed by atoms with E-state index in [2.05, 4.69) is 15.2 Å². The molecular weight excluding hydrogens is 380 g/mol. The third-order valence-electron chi connectivity index (χ3n) is 6.27. The Balaban J connectivity index is 0.000000469. The molecule has 166 valence electrons. The average molecular weight is 417 g/mol. The molecule has 1 heterocycles. The van der Waals surface area contributed by atoms with E-state index in [9.17, 15) is 9.59 Å². The number of likely N-dealkylation sites (tertiary alicyclic amines) is 1. The van der Waals surface area contributed by atoms with Crippen LogP contribution in [0.5, 0.6) is 5.75 Å². The maximum absolute atomic E-state index is 12.2. The maximum Gasteiger partial charge on any atom is 0.234 e. The van der Waals surface area contributed by atoms with Crippen LogP contribution >= 0.6 is 0 Å². The van der Waals surface area contributed by atoms with Gasteiger partial charge in [-0.1, -0.05) is 6.42 Å². The Morgan fingerprint density at radius 2 is 1.90 bits per heavy atom. The molecule has 3 N–H and O–H groups in total. The summed E-state index contributed by atoms with van der Waals surface area (Å²) in [5.41, 5.74) is 6.68. The number of aldehydes is 1. The van der Waals surface area contributed by atoms with Crippen molar-refractivity contribution in [2.45, 2.75) is 63.3 Å². The SMILES string of the molecule is CC(N)=NC=O.CNc1ccc(OC)cc1C1(C=O)CCC(N2CCCCC2)CC1. The number of nitrogens with two attached hydrogens (primary N) is 1. The highest BCUT2D eigenvalue weighted by atomic mass is 16.5. The van der Waals surface area contributed by atoms with Crippen molar-refractivity contribution in [1.82, 2.24) is 4.90 Å². The van der Waals surface area contributed by atoms with Crippen LogP contribution in [0.1, 0.15) is 57.4 Å². The van der Waals surface area contributed by atoms with Gasteiger partial charge in [0.2, 0.25) is 6.41 Å². The molecule has 1 saturated carbocycles. The first-order valence-corrected chi connectivity index (χ1v) is 10.8. The third-order valence-corrected chi connectivity index (χ3v) is 6.27. The molecule has 0 unspecified atom stereocenters. The number of hydrogen-bond acceptors (Lipinski definition) is 5. The first-order chi connectivity index (χ1) is 14.5. The summed E-state index contributed by atoms with van der Waals surface area (Å²) >= 11 is 0. The van der Waals surface area contributed by atoms with Gasteiger partial charge < -0.3 is 25.5 Å². The van der Waals surface area contributed by atoms with E-state index in [1.165, 1.54) is 38.6 Å². The molecule has 0 spiro atoms. The molecule has 2 fully saturated rings. The highest BCUT2D eigenvalue weighted by molar-refractivity contribution is 5.83. The highest BCUT2D eigenvalue weighted by Gasteiger charge is 2.40. The fraction of sp³-hybridized carbons (Fsp3) is 0.609. The predicted octanol–water partition coefficient (Wildman–Crippen LogP) is 3.12. The summed E-state index contributed by atoms with van der Waals surface area (Å²) in [6.07, 6.45) is 9.71. The summed E-state index contributed by atoms with van der Waals surface area (Å²) in [4.78, 5) is 27.3. The standard InChI is InChI=1S/C20H30N2O2.C3H6N2O/c1-21-19-7-6-17(24-2)14-18(19)20(15-23)10-8-16(9-11-20)22-12-4-3-5-13-22;1-3(4)5-2-6/h6-7,14-16,21H,3-5,8-13H2,1-2H3;2H,1H3,(H2,4,5,6). The third kappa shape index (κ3) is 6.05. The number of benzene rings is 1. The van der Waals surface area contributed by atoms with Gasteiger partial charge in [-0.3, -0.25) is 4.79 Å². The summed E-state index contributed by atoms with van der Waals surface area (Å²) in [5.74, 6) is 1.12. The number of rotatable bonds is 6. The number of nitrogens with one attached hydrogen (secondary N) is 1. The summed E-state index contributed by atoms with van der Waals surface area (Å²) in [6, 6.07) is 6.67. The van der Waals surface area contributed by atoms with Crippen molar-refractivity contribution in [3.8, 4) is 5.75 Å². The molecule has 1 aliphatic carbocycles. The number of hydrogen-bond donors (Lipinski definition) is 2. The van der Waals surface area contributed by atoms with Crippen molar-refractivity contribution in [2.75, 3.05) is 32.6 Å².